The predicted molar refractivity (Wildman–Crippen MR) is 82.5 cm³/mol. The van der Waals surface area contributed by atoms with Crippen molar-refractivity contribution in [2.24, 2.45) is 0 Å². The first kappa shape index (κ1) is 16.9. The number of anilines is 1. The fraction of sp³-hybridized carbons (Fsp3) is 0.308. The lowest BCUT2D eigenvalue weighted by Gasteiger charge is -2.07. The van der Waals surface area contributed by atoms with Crippen molar-refractivity contribution in [2.45, 2.75) is 24.8 Å². The first-order valence-corrected chi connectivity index (χ1v) is 8.25. The van der Waals surface area contributed by atoms with E-state index in [0.717, 1.165) is 6.07 Å². The fourth-order valence-electron chi connectivity index (χ4n) is 1.86. The Morgan fingerprint density at radius 3 is 2.70 bits per heavy atom. The van der Waals surface area contributed by atoms with Gasteiger partial charge in [-0.1, -0.05) is 6.92 Å². The Kier molecular flexibility index (Phi) is 4.96. The van der Waals surface area contributed by atoms with Crippen molar-refractivity contribution in [1.29, 1.82) is 0 Å². The van der Waals surface area contributed by atoms with Crippen LogP contribution in [-0.4, -0.2) is 25.4 Å². The Labute approximate surface area is 132 Å². The molecule has 0 aliphatic heterocycles. The molecule has 2 aromatic rings. The van der Waals surface area contributed by atoms with Crippen LogP contribution in [0.25, 0.3) is 0 Å². The molecule has 124 valence electrons. The van der Waals surface area contributed by atoms with Crippen LogP contribution in [0.5, 0.6) is 0 Å². The van der Waals surface area contributed by atoms with Gasteiger partial charge in [-0.15, -0.1) is 0 Å². The number of nitrogens with zero attached hydrogens (tertiary/aromatic N) is 2. The van der Waals surface area contributed by atoms with Crippen LogP contribution in [0.15, 0.2) is 33.7 Å². The second-order valence-electron chi connectivity index (χ2n) is 4.57. The number of oxazole rings is 1. The molecule has 1 aromatic carbocycles. The summed E-state index contributed by atoms with van der Waals surface area (Å²) in [6, 6.07) is 3.63. The summed E-state index contributed by atoms with van der Waals surface area (Å²) in [6.45, 7) is 2.07. The smallest absolute Gasteiger partial charge is 0.293 e. The average molecular weight is 340 g/mol. The highest BCUT2D eigenvalue weighted by Crippen LogP contribution is 2.27. The average Bonchev–Trinajstić information content (AvgIpc) is 3.00. The normalized spacial score (nSPS) is 11.4. The topological polar surface area (TPSA) is 127 Å². The maximum absolute atomic E-state index is 11.7. The fourth-order valence-corrected chi connectivity index (χ4v) is 2.61. The minimum atomic E-state index is -3.75. The highest BCUT2D eigenvalue weighted by Gasteiger charge is 2.20. The minimum Gasteiger partial charge on any atom is -0.444 e. The quantitative estimate of drug-likeness (QED) is 0.579. The Balaban J connectivity index is 2.26. The standard InChI is InChI=1S/C13H16N4O5S/c1-3-9-7-16-13(22-9)8-15-11-5-4-10(23(20,21)14-2)6-12(11)17(18)19/h4-7,14-15H,3,8H2,1-2H3. The Morgan fingerprint density at radius 2 is 2.13 bits per heavy atom. The van der Waals surface area contributed by atoms with E-state index in [1.54, 1.807) is 6.20 Å². The van der Waals surface area contributed by atoms with Gasteiger partial charge in [-0.2, -0.15) is 0 Å². The van der Waals surface area contributed by atoms with Crippen LogP contribution in [-0.2, 0) is 23.0 Å². The van der Waals surface area contributed by atoms with Crippen LogP contribution in [0.1, 0.15) is 18.6 Å². The second-order valence-corrected chi connectivity index (χ2v) is 6.46. The molecule has 0 fully saturated rings. The zero-order valence-corrected chi connectivity index (χ0v) is 13.4. The van der Waals surface area contributed by atoms with Gasteiger partial charge in [0.2, 0.25) is 15.9 Å². The number of hydrogen-bond donors (Lipinski definition) is 2. The molecule has 10 heteroatoms. The van der Waals surface area contributed by atoms with Crippen LogP contribution >= 0.6 is 0 Å². The van der Waals surface area contributed by atoms with Crippen LogP contribution < -0.4 is 10.0 Å². The third-order valence-electron chi connectivity index (χ3n) is 3.12. The minimum absolute atomic E-state index is 0.152. The molecule has 1 aromatic heterocycles. The zero-order valence-electron chi connectivity index (χ0n) is 12.6. The van der Waals surface area contributed by atoms with Gasteiger partial charge in [0.25, 0.3) is 5.69 Å². The monoisotopic (exact) mass is 340 g/mol. The van der Waals surface area contributed by atoms with E-state index in [-0.39, 0.29) is 22.8 Å². The Morgan fingerprint density at radius 1 is 1.39 bits per heavy atom. The van der Waals surface area contributed by atoms with Crippen molar-refractivity contribution in [1.82, 2.24) is 9.71 Å². The van der Waals surface area contributed by atoms with Gasteiger partial charge in [-0.25, -0.2) is 18.1 Å². The van der Waals surface area contributed by atoms with Gasteiger partial charge in [0.15, 0.2) is 0 Å². The zero-order chi connectivity index (χ0) is 17.0. The lowest BCUT2D eigenvalue weighted by molar-refractivity contribution is -0.384. The molecule has 1 heterocycles. The number of aromatic nitrogens is 1. The van der Waals surface area contributed by atoms with Crippen molar-refractivity contribution in [2.75, 3.05) is 12.4 Å². The van der Waals surface area contributed by atoms with Gasteiger partial charge in [0.1, 0.15) is 11.4 Å². The molecule has 0 aliphatic rings. The first-order valence-electron chi connectivity index (χ1n) is 6.76. The summed E-state index contributed by atoms with van der Waals surface area (Å²) in [6.07, 6.45) is 2.29. The first-order chi connectivity index (χ1) is 10.9. The van der Waals surface area contributed by atoms with E-state index < -0.39 is 14.9 Å². The molecule has 0 amide bonds. The van der Waals surface area contributed by atoms with Gasteiger partial charge in [0.05, 0.1) is 22.6 Å². The van der Waals surface area contributed by atoms with Crippen molar-refractivity contribution in [3.8, 4) is 0 Å². The summed E-state index contributed by atoms with van der Waals surface area (Å²) in [4.78, 5) is 14.4. The van der Waals surface area contributed by atoms with E-state index in [4.69, 9.17) is 4.42 Å². The number of nitro benzene ring substituents is 1. The maximum Gasteiger partial charge on any atom is 0.293 e. The molecule has 0 unspecified atom stereocenters. The highest BCUT2D eigenvalue weighted by atomic mass is 32.2. The van der Waals surface area contributed by atoms with Gasteiger partial charge in [-0.3, -0.25) is 10.1 Å². The SMILES string of the molecule is CCc1cnc(CNc2ccc(S(=O)(=O)NC)cc2[N+](=O)[O-])o1. The summed E-state index contributed by atoms with van der Waals surface area (Å²) in [5.41, 5.74) is -0.162. The van der Waals surface area contributed by atoms with Gasteiger partial charge in [-0.05, 0) is 19.2 Å². The van der Waals surface area contributed by atoms with Crippen LogP contribution in [0.2, 0.25) is 0 Å². The second kappa shape index (κ2) is 6.75. The van der Waals surface area contributed by atoms with Crippen molar-refractivity contribution >= 4 is 21.4 Å². The van der Waals surface area contributed by atoms with E-state index in [1.165, 1.54) is 19.2 Å². The number of aryl methyl sites for hydroxylation is 1. The molecule has 0 bridgehead atoms. The third-order valence-corrected chi connectivity index (χ3v) is 4.54. The Bertz CT molecular complexity index is 816. The number of hydrogen-bond acceptors (Lipinski definition) is 7. The molecule has 0 radical (unpaired) electrons. The molecule has 2 rings (SSSR count). The summed E-state index contributed by atoms with van der Waals surface area (Å²) in [7, 11) is -2.51. The molecule has 0 spiro atoms. The van der Waals surface area contributed by atoms with E-state index in [9.17, 15) is 18.5 Å². The number of nitrogens with one attached hydrogen (secondary N) is 2. The summed E-state index contributed by atoms with van der Waals surface area (Å²) < 4.78 is 31.0. The van der Waals surface area contributed by atoms with Crippen LogP contribution in [0, 0.1) is 10.1 Å². The molecule has 0 atom stereocenters. The van der Waals surface area contributed by atoms with Gasteiger partial charge in [0, 0.05) is 12.5 Å². The van der Waals surface area contributed by atoms with Crippen molar-refractivity contribution in [3.63, 3.8) is 0 Å². The van der Waals surface area contributed by atoms with E-state index >= 15 is 0 Å². The number of benzene rings is 1. The molecule has 9 nitrogen and oxygen atoms in total. The third kappa shape index (κ3) is 3.85. The molecule has 2 N–H and O–H groups in total. The van der Waals surface area contributed by atoms with Crippen LogP contribution in [0.4, 0.5) is 11.4 Å². The molecule has 0 saturated heterocycles. The molecular formula is C13H16N4O5S. The lowest BCUT2D eigenvalue weighted by atomic mass is 10.2. The lowest BCUT2D eigenvalue weighted by Crippen LogP contribution is -2.18. The van der Waals surface area contributed by atoms with Crippen molar-refractivity contribution in [3.05, 3.63) is 46.2 Å². The summed E-state index contributed by atoms with van der Waals surface area (Å²) in [5, 5.41) is 14.0. The number of nitro groups is 1. The molecular weight excluding hydrogens is 324 g/mol. The number of sulfonamides is 1. The molecule has 0 saturated carbocycles. The highest BCUT2D eigenvalue weighted by molar-refractivity contribution is 7.89. The maximum atomic E-state index is 11.7. The summed E-state index contributed by atoms with van der Waals surface area (Å²) in [5.74, 6) is 1.11. The largest absolute Gasteiger partial charge is 0.444 e. The predicted octanol–water partition coefficient (Wildman–Crippen LogP) is 1.67. The van der Waals surface area contributed by atoms with Crippen molar-refractivity contribution < 1.29 is 17.8 Å². The van der Waals surface area contributed by atoms with E-state index in [2.05, 4.69) is 15.0 Å². The summed E-state index contributed by atoms with van der Waals surface area (Å²) >= 11 is 0. The van der Waals surface area contributed by atoms with Gasteiger partial charge >= 0.3 is 0 Å². The molecule has 23 heavy (non-hydrogen) atoms. The molecule has 0 aliphatic carbocycles. The van der Waals surface area contributed by atoms with E-state index in [1.807, 2.05) is 6.92 Å². The number of rotatable bonds is 7. The van der Waals surface area contributed by atoms with Gasteiger partial charge < -0.3 is 9.73 Å². The van der Waals surface area contributed by atoms with E-state index in [0.29, 0.717) is 18.1 Å². The van der Waals surface area contributed by atoms with Crippen LogP contribution in [0.3, 0.4) is 0 Å². The Hall–Kier alpha value is -2.46.